The van der Waals surface area contributed by atoms with E-state index in [0.29, 0.717) is 5.75 Å². The fourth-order valence-corrected chi connectivity index (χ4v) is 2.29. The molecule has 0 aliphatic carbocycles. The molecule has 0 fully saturated rings. The first-order valence-electron chi connectivity index (χ1n) is 6.63. The van der Waals surface area contributed by atoms with Gasteiger partial charge in [0.15, 0.2) is 0 Å². The maximum Gasteiger partial charge on any atom is 0.408 e. The van der Waals surface area contributed by atoms with E-state index in [1.807, 2.05) is 30.3 Å². The number of amides is 1. The summed E-state index contributed by atoms with van der Waals surface area (Å²) in [6.45, 7) is 4.73. The number of aliphatic hydroxyl groups is 1. The predicted molar refractivity (Wildman–Crippen MR) is 83.0 cm³/mol. The van der Waals surface area contributed by atoms with Crippen LogP contribution in [0.1, 0.15) is 26.3 Å². The van der Waals surface area contributed by atoms with Gasteiger partial charge in [-0.3, -0.25) is 4.79 Å². The summed E-state index contributed by atoms with van der Waals surface area (Å²) >= 11 is 1.05. The summed E-state index contributed by atoms with van der Waals surface area (Å²) in [5.41, 5.74) is 0.356. The fourth-order valence-electron chi connectivity index (χ4n) is 1.46. The van der Waals surface area contributed by atoms with Gasteiger partial charge in [-0.15, -0.1) is 0 Å². The first-order chi connectivity index (χ1) is 9.81. The average molecular weight is 311 g/mol. The van der Waals surface area contributed by atoms with Crippen LogP contribution in [0.4, 0.5) is 4.79 Å². The van der Waals surface area contributed by atoms with Crippen LogP contribution in [0, 0.1) is 0 Å². The minimum atomic E-state index is -0.964. The molecule has 0 radical (unpaired) electrons. The molecule has 1 aromatic carbocycles. The SMILES string of the molecule is CC(C)(C)OC(=O)N[C@@H](CO)C(=O)SCc1ccccc1. The van der Waals surface area contributed by atoms with Gasteiger partial charge in [0.1, 0.15) is 11.6 Å². The molecule has 21 heavy (non-hydrogen) atoms. The summed E-state index contributed by atoms with van der Waals surface area (Å²) < 4.78 is 5.06. The number of carbonyl (C=O) groups is 2. The molecule has 1 atom stereocenters. The molecule has 116 valence electrons. The van der Waals surface area contributed by atoms with E-state index in [4.69, 9.17) is 4.74 Å². The monoisotopic (exact) mass is 311 g/mol. The van der Waals surface area contributed by atoms with Crippen molar-refractivity contribution < 1.29 is 19.4 Å². The third-order valence-electron chi connectivity index (χ3n) is 2.38. The Kier molecular flexibility index (Phi) is 6.71. The van der Waals surface area contributed by atoms with Crippen molar-refractivity contribution in [2.45, 2.75) is 38.2 Å². The Morgan fingerprint density at radius 3 is 2.43 bits per heavy atom. The van der Waals surface area contributed by atoms with Crippen LogP contribution in [0.15, 0.2) is 30.3 Å². The summed E-state index contributed by atoms with van der Waals surface area (Å²) in [4.78, 5) is 23.6. The number of hydrogen-bond acceptors (Lipinski definition) is 5. The third kappa shape index (κ3) is 7.15. The third-order valence-corrected chi connectivity index (χ3v) is 3.43. The molecule has 0 heterocycles. The molecule has 6 heteroatoms. The van der Waals surface area contributed by atoms with E-state index in [0.717, 1.165) is 17.3 Å². The number of benzene rings is 1. The van der Waals surface area contributed by atoms with Gasteiger partial charge >= 0.3 is 6.09 Å². The van der Waals surface area contributed by atoms with E-state index < -0.39 is 24.3 Å². The van der Waals surface area contributed by atoms with Crippen molar-refractivity contribution in [2.24, 2.45) is 0 Å². The van der Waals surface area contributed by atoms with Crippen LogP contribution in [0.3, 0.4) is 0 Å². The number of aliphatic hydroxyl groups excluding tert-OH is 1. The van der Waals surface area contributed by atoms with Crippen molar-refractivity contribution in [3.8, 4) is 0 Å². The van der Waals surface area contributed by atoms with Gasteiger partial charge in [-0.05, 0) is 26.3 Å². The summed E-state index contributed by atoms with van der Waals surface area (Å²) in [6.07, 6.45) is -0.713. The van der Waals surface area contributed by atoms with E-state index in [-0.39, 0.29) is 5.12 Å². The molecule has 1 amide bonds. The highest BCUT2D eigenvalue weighted by molar-refractivity contribution is 8.13. The Labute approximate surface area is 129 Å². The van der Waals surface area contributed by atoms with E-state index >= 15 is 0 Å². The molecule has 0 bridgehead atoms. The summed E-state index contributed by atoms with van der Waals surface area (Å²) in [6, 6.07) is 8.54. The van der Waals surface area contributed by atoms with Crippen LogP contribution in [-0.2, 0) is 15.3 Å². The molecule has 0 aliphatic rings. The maximum absolute atomic E-state index is 12.0. The van der Waals surface area contributed by atoms with Gasteiger partial charge in [0.25, 0.3) is 0 Å². The van der Waals surface area contributed by atoms with Crippen LogP contribution >= 0.6 is 11.8 Å². The largest absolute Gasteiger partial charge is 0.444 e. The van der Waals surface area contributed by atoms with E-state index in [1.54, 1.807) is 20.8 Å². The number of hydrogen-bond donors (Lipinski definition) is 2. The zero-order valence-electron chi connectivity index (χ0n) is 12.5. The Balaban J connectivity index is 2.48. The average Bonchev–Trinajstić information content (AvgIpc) is 2.41. The molecule has 0 unspecified atom stereocenters. The minimum absolute atomic E-state index is 0.299. The molecule has 0 saturated heterocycles. The lowest BCUT2D eigenvalue weighted by Crippen LogP contribution is -2.44. The second-order valence-corrected chi connectivity index (χ2v) is 6.45. The Bertz CT molecular complexity index is 470. The van der Waals surface area contributed by atoms with E-state index in [1.165, 1.54) is 0 Å². The quantitative estimate of drug-likeness (QED) is 0.873. The Morgan fingerprint density at radius 2 is 1.90 bits per heavy atom. The van der Waals surface area contributed by atoms with Crippen molar-refractivity contribution in [3.05, 3.63) is 35.9 Å². The maximum atomic E-state index is 12.0. The van der Waals surface area contributed by atoms with Gasteiger partial charge in [-0.25, -0.2) is 4.79 Å². The summed E-state index contributed by atoms with van der Waals surface area (Å²) in [7, 11) is 0. The zero-order chi connectivity index (χ0) is 15.9. The van der Waals surface area contributed by atoms with Gasteiger partial charge < -0.3 is 15.2 Å². The number of alkyl carbamates (subject to hydrolysis) is 1. The van der Waals surface area contributed by atoms with Crippen LogP contribution in [0.5, 0.6) is 0 Å². The molecule has 0 spiro atoms. The van der Waals surface area contributed by atoms with Crippen LogP contribution < -0.4 is 5.32 Å². The molecule has 1 aromatic rings. The normalized spacial score (nSPS) is 12.6. The highest BCUT2D eigenvalue weighted by Gasteiger charge is 2.23. The standard InChI is InChI=1S/C15H21NO4S/c1-15(2,3)20-14(19)16-12(9-17)13(18)21-10-11-7-5-4-6-8-11/h4-8,12,17H,9-10H2,1-3H3,(H,16,19)/t12-/m0/s1. The minimum Gasteiger partial charge on any atom is -0.444 e. The molecule has 0 aromatic heterocycles. The van der Waals surface area contributed by atoms with Gasteiger partial charge in [-0.2, -0.15) is 0 Å². The predicted octanol–water partition coefficient (Wildman–Crippen LogP) is 2.33. The van der Waals surface area contributed by atoms with Crippen LogP contribution in [0.25, 0.3) is 0 Å². The Hall–Kier alpha value is -1.53. The highest BCUT2D eigenvalue weighted by Crippen LogP contribution is 2.15. The second kappa shape index (κ2) is 8.05. The van der Waals surface area contributed by atoms with Gasteiger partial charge in [-0.1, -0.05) is 42.1 Å². The molecule has 0 saturated carbocycles. The number of carbonyl (C=O) groups excluding carboxylic acids is 2. The molecular weight excluding hydrogens is 290 g/mol. The lowest BCUT2D eigenvalue weighted by Gasteiger charge is -2.22. The number of thioether (sulfide) groups is 1. The first kappa shape index (κ1) is 17.5. The summed E-state index contributed by atoms with van der Waals surface area (Å²) in [5, 5.41) is 11.3. The van der Waals surface area contributed by atoms with E-state index in [9.17, 15) is 14.7 Å². The number of rotatable bonds is 5. The van der Waals surface area contributed by atoms with Crippen molar-refractivity contribution >= 4 is 23.0 Å². The topological polar surface area (TPSA) is 75.6 Å². The smallest absolute Gasteiger partial charge is 0.408 e. The lowest BCUT2D eigenvalue weighted by atomic mass is 10.2. The molecule has 2 N–H and O–H groups in total. The molecular formula is C15H21NO4S. The van der Waals surface area contributed by atoms with Crippen molar-refractivity contribution in [1.82, 2.24) is 5.32 Å². The van der Waals surface area contributed by atoms with Crippen LogP contribution in [0.2, 0.25) is 0 Å². The Morgan fingerprint density at radius 1 is 1.29 bits per heavy atom. The fraction of sp³-hybridized carbons (Fsp3) is 0.467. The number of nitrogens with one attached hydrogen (secondary N) is 1. The van der Waals surface area contributed by atoms with Gasteiger partial charge in [0.2, 0.25) is 5.12 Å². The second-order valence-electron chi connectivity index (χ2n) is 5.47. The molecule has 1 rings (SSSR count). The number of ether oxygens (including phenoxy) is 1. The van der Waals surface area contributed by atoms with Crippen molar-refractivity contribution in [3.63, 3.8) is 0 Å². The van der Waals surface area contributed by atoms with E-state index in [2.05, 4.69) is 5.32 Å². The molecule has 0 aliphatic heterocycles. The summed E-state index contributed by atoms with van der Waals surface area (Å²) in [5.74, 6) is 0.492. The van der Waals surface area contributed by atoms with Crippen LogP contribution in [-0.4, -0.2) is 34.6 Å². The first-order valence-corrected chi connectivity index (χ1v) is 7.61. The van der Waals surface area contributed by atoms with Crippen molar-refractivity contribution in [1.29, 1.82) is 0 Å². The highest BCUT2D eigenvalue weighted by atomic mass is 32.2. The van der Waals surface area contributed by atoms with Crippen molar-refractivity contribution in [2.75, 3.05) is 6.61 Å². The zero-order valence-corrected chi connectivity index (χ0v) is 13.3. The molecule has 5 nitrogen and oxygen atoms in total. The van der Waals surface area contributed by atoms with Gasteiger partial charge in [0.05, 0.1) is 6.61 Å². The lowest BCUT2D eigenvalue weighted by molar-refractivity contribution is -0.113. The van der Waals surface area contributed by atoms with Gasteiger partial charge in [0, 0.05) is 5.75 Å².